The lowest BCUT2D eigenvalue weighted by atomic mass is 9.94. The van der Waals surface area contributed by atoms with Crippen molar-refractivity contribution < 1.29 is 28.6 Å². The second-order valence-corrected chi connectivity index (χ2v) is 14.9. The normalized spacial score (nSPS) is 12.1. The molecule has 1 N–H and O–H groups in total. The van der Waals surface area contributed by atoms with Crippen LogP contribution in [0.4, 0.5) is 4.39 Å². The Labute approximate surface area is 309 Å². The number of nitrogens with zero attached hydrogens (tertiary/aromatic N) is 1. The van der Waals surface area contributed by atoms with Gasteiger partial charge in [0.15, 0.2) is 0 Å². The first-order valence-corrected chi connectivity index (χ1v) is 21.8. The van der Waals surface area contributed by atoms with E-state index in [1.54, 1.807) is 0 Å². The molecule has 0 fully saturated rings. The number of aliphatic hydroxyl groups excluding tert-OH is 1. The van der Waals surface area contributed by atoms with Gasteiger partial charge in [-0.05, 0) is 64.5 Å². The van der Waals surface area contributed by atoms with Gasteiger partial charge in [-0.3, -0.25) is 14.0 Å². The molecule has 0 saturated carbocycles. The average molecular weight is 714 g/mol. The van der Waals surface area contributed by atoms with E-state index in [-0.39, 0.29) is 31.1 Å². The third-order valence-electron chi connectivity index (χ3n) is 10.1. The van der Waals surface area contributed by atoms with Crippen LogP contribution < -0.4 is 0 Å². The highest BCUT2D eigenvalue weighted by molar-refractivity contribution is 5.72. The fourth-order valence-electron chi connectivity index (χ4n) is 6.75. The van der Waals surface area contributed by atoms with Crippen molar-refractivity contribution in [3.8, 4) is 0 Å². The molecule has 0 bridgehead atoms. The highest BCUT2D eigenvalue weighted by Gasteiger charge is 2.19. The zero-order valence-corrected chi connectivity index (χ0v) is 33.4. The first-order chi connectivity index (χ1) is 24.6. The van der Waals surface area contributed by atoms with Crippen LogP contribution in [-0.2, 0) is 19.1 Å². The molecule has 0 aromatic heterocycles. The van der Waals surface area contributed by atoms with E-state index < -0.39 is 0 Å². The Kier molecular flexibility index (Phi) is 39.6. The minimum absolute atomic E-state index is 0.000481. The molecule has 0 aromatic carbocycles. The Bertz CT molecular complexity index is 693. The van der Waals surface area contributed by atoms with E-state index in [2.05, 4.69) is 18.7 Å². The van der Waals surface area contributed by atoms with E-state index in [1.807, 2.05) is 0 Å². The van der Waals surface area contributed by atoms with Crippen LogP contribution in [0, 0.1) is 5.92 Å². The number of aliphatic hydroxyl groups is 1. The molecule has 0 amide bonds. The lowest BCUT2D eigenvalue weighted by Crippen LogP contribution is -2.29. The van der Waals surface area contributed by atoms with E-state index in [1.165, 1.54) is 70.6 Å². The molecular weight excluding hydrogens is 629 g/mol. The third kappa shape index (κ3) is 35.2. The molecule has 0 heterocycles. The van der Waals surface area contributed by atoms with Gasteiger partial charge >= 0.3 is 11.9 Å². The first kappa shape index (κ1) is 48.8. The van der Waals surface area contributed by atoms with Crippen LogP contribution in [0.5, 0.6) is 0 Å². The smallest absolute Gasteiger partial charge is 0.308 e. The van der Waals surface area contributed by atoms with Crippen LogP contribution in [0.1, 0.15) is 213 Å². The maximum atomic E-state index is 12.9. The van der Waals surface area contributed by atoms with Crippen molar-refractivity contribution >= 4 is 11.9 Å². The SMILES string of the molecule is CCCCCCCCCC(=O)OCCCCCCCN(CCO)CCCCCCCOC(=O)C(CCCCCCCC)CCCCCCCF. The molecule has 0 aliphatic rings. The molecule has 1 atom stereocenters. The monoisotopic (exact) mass is 714 g/mol. The molecule has 0 aliphatic heterocycles. The summed E-state index contributed by atoms with van der Waals surface area (Å²) in [6.07, 6.45) is 34.1. The molecule has 0 rings (SSSR count). The summed E-state index contributed by atoms with van der Waals surface area (Å²) in [5.74, 6) is -0.0110. The fourth-order valence-corrected chi connectivity index (χ4v) is 6.75. The number of alkyl halides is 1. The topological polar surface area (TPSA) is 76.1 Å². The van der Waals surface area contributed by atoms with Crippen LogP contribution in [0.2, 0.25) is 0 Å². The van der Waals surface area contributed by atoms with Gasteiger partial charge in [0.05, 0.1) is 32.4 Å². The summed E-state index contributed by atoms with van der Waals surface area (Å²) < 4.78 is 23.5. The molecular formula is C43H84FNO5. The second-order valence-electron chi connectivity index (χ2n) is 14.9. The Morgan fingerprint density at radius 3 is 1.44 bits per heavy atom. The predicted octanol–water partition coefficient (Wildman–Crippen LogP) is 12.1. The van der Waals surface area contributed by atoms with E-state index in [0.717, 1.165) is 135 Å². The van der Waals surface area contributed by atoms with E-state index in [0.29, 0.717) is 26.1 Å². The van der Waals surface area contributed by atoms with Gasteiger partial charge in [0.25, 0.3) is 0 Å². The zero-order valence-electron chi connectivity index (χ0n) is 33.4. The number of hydrogen-bond donors (Lipinski definition) is 1. The standard InChI is InChI=1S/C43H84FNO5/c1-3-5-7-9-11-17-25-33-42(47)49-39-29-21-13-19-27-35-45(37-38-46)36-28-20-14-22-30-40-50-43(48)41(31-23-15-10-8-6-4-2)32-24-16-12-18-26-34-44/h41,46H,3-40H2,1-2H3. The molecule has 298 valence electrons. The minimum Gasteiger partial charge on any atom is -0.466 e. The van der Waals surface area contributed by atoms with Crippen LogP contribution in [-0.4, -0.2) is 68.1 Å². The Morgan fingerprint density at radius 2 is 0.940 bits per heavy atom. The Morgan fingerprint density at radius 1 is 0.520 bits per heavy atom. The lowest BCUT2D eigenvalue weighted by Gasteiger charge is -2.21. The van der Waals surface area contributed by atoms with Crippen molar-refractivity contribution in [2.24, 2.45) is 5.92 Å². The molecule has 50 heavy (non-hydrogen) atoms. The predicted molar refractivity (Wildman–Crippen MR) is 209 cm³/mol. The van der Waals surface area contributed by atoms with Crippen LogP contribution in [0.3, 0.4) is 0 Å². The largest absolute Gasteiger partial charge is 0.466 e. The number of esters is 2. The molecule has 0 aliphatic carbocycles. The lowest BCUT2D eigenvalue weighted by molar-refractivity contribution is -0.149. The number of halogens is 1. The van der Waals surface area contributed by atoms with Crippen molar-refractivity contribution in [3.05, 3.63) is 0 Å². The second kappa shape index (κ2) is 40.6. The highest BCUT2D eigenvalue weighted by atomic mass is 19.1. The molecule has 7 heteroatoms. The molecule has 1 unspecified atom stereocenters. The van der Waals surface area contributed by atoms with Gasteiger partial charge < -0.3 is 19.5 Å². The fraction of sp³-hybridized carbons (Fsp3) is 0.953. The number of unbranched alkanes of at least 4 members (excludes halogenated alkanes) is 23. The van der Waals surface area contributed by atoms with Gasteiger partial charge in [0.1, 0.15) is 0 Å². The molecule has 0 radical (unpaired) electrons. The van der Waals surface area contributed by atoms with Gasteiger partial charge in [-0.25, -0.2) is 0 Å². The minimum atomic E-state index is -0.224. The van der Waals surface area contributed by atoms with Crippen molar-refractivity contribution in [2.75, 3.05) is 46.1 Å². The van der Waals surface area contributed by atoms with Crippen molar-refractivity contribution in [1.82, 2.24) is 4.90 Å². The summed E-state index contributed by atoms with van der Waals surface area (Å²) in [5.41, 5.74) is 0. The molecule has 0 aromatic rings. The van der Waals surface area contributed by atoms with E-state index >= 15 is 0 Å². The maximum absolute atomic E-state index is 12.9. The summed E-state index contributed by atoms with van der Waals surface area (Å²) in [6, 6.07) is 0. The quantitative estimate of drug-likeness (QED) is 0.0502. The number of ether oxygens (including phenoxy) is 2. The molecule has 0 spiro atoms. The number of carbonyl (C=O) groups is 2. The van der Waals surface area contributed by atoms with Gasteiger partial charge in [-0.1, -0.05) is 155 Å². The maximum Gasteiger partial charge on any atom is 0.308 e. The van der Waals surface area contributed by atoms with Crippen molar-refractivity contribution in [3.63, 3.8) is 0 Å². The number of carbonyl (C=O) groups excluding carboxylic acids is 2. The van der Waals surface area contributed by atoms with Gasteiger partial charge in [-0.15, -0.1) is 0 Å². The summed E-state index contributed by atoms with van der Waals surface area (Å²) in [7, 11) is 0. The molecule has 6 nitrogen and oxygen atoms in total. The highest BCUT2D eigenvalue weighted by Crippen LogP contribution is 2.21. The summed E-state index contributed by atoms with van der Waals surface area (Å²) in [4.78, 5) is 27.2. The van der Waals surface area contributed by atoms with Crippen LogP contribution in [0.15, 0.2) is 0 Å². The summed E-state index contributed by atoms with van der Waals surface area (Å²) in [6.45, 7) is 8.32. The van der Waals surface area contributed by atoms with E-state index in [4.69, 9.17) is 9.47 Å². The van der Waals surface area contributed by atoms with Gasteiger partial charge in [0, 0.05) is 13.0 Å². The first-order valence-electron chi connectivity index (χ1n) is 21.8. The zero-order chi connectivity index (χ0) is 36.6. The van der Waals surface area contributed by atoms with Crippen molar-refractivity contribution in [1.29, 1.82) is 0 Å². The van der Waals surface area contributed by atoms with E-state index in [9.17, 15) is 19.1 Å². The number of rotatable bonds is 41. The van der Waals surface area contributed by atoms with Gasteiger partial charge in [-0.2, -0.15) is 0 Å². The Hall–Kier alpha value is -1.21. The van der Waals surface area contributed by atoms with Crippen LogP contribution in [0.25, 0.3) is 0 Å². The average Bonchev–Trinajstić information content (AvgIpc) is 3.11. The van der Waals surface area contributed by atoms with Gasteiger partial charge in [0.2, 0.25) is 0 Å². The summed E-state index contributed by atoms with van der Waals surface area (Å²) >= 11 is 0. The molecule has 0 saturated heterocycles. The Balaban J connectivity index is 3.93. The van der Waals surface area contributed by atoms with Crippen molar-refractivity contribution in [2.45, 2.75) is 213 Å². The summed E-state index contributed by atoms with van der Waals surface area (Å²) in [5, 5.41) is 9.52. The third-order valence-corrected chi connectivity index (χ3v) is 10.1. The number of hydrogen-bond acceptors (Lipinski definition) is 6. The van der Waals surface area contributed by atoms with Crippen LogP contribution >= 0.6 is 0 Å².